The molecule has 0 aliphatic carbocycles. The molecule has 0 bridgehead atoms. The summed E-state index contributed by atoms with van der Waals surface area (Å²) in [6.45, 7) is 9.74. The Kier molecular flexibility index (Phi) is 5.03. The number of ether oxygens (including phenoxy) is 1. The zero-order chi connectivity index (χ0) is 16.4. The molecule has 118 valence electrons. The van der Waals surface area contributed by atoms with Crippen LogP contribution in [0.1, 0.15) is 48.0 Å². The SMILES string of the molecule is CC(=O)NC1=NN(C(C)=O)[C@](C)(CC(=O)OC(C)(C)C)S1. The topological polar surface area (TPSA) is 88.1 Å². The van der Waals surface area contributed by atoms with Gasteiger partial charge in [0.2, 0.25) is 11.8 Å². The summed E-state index contributed by atoms with van der Waals surface area (Å²) in [6, 6.07) is 0. The largest absolute Gasteiger partial charge is 0.460 e. The Morgan fingerprint density at radius 3 is 2.33 bits per heavy atom. The summed E-state index contributed by atoms with van der Waals surface area (Å²) in [5, 5.41) is 8.08. The van der Waals surface area contributed by atoms with Crippen LogP contribution in [0.4, 0.5) is 0 Å². The minimum absolute atomic E-state index is 0.0267. The van der Waals surface area contributed by atoms with Crippen LogP contribution < -0.4 is 5.32 Å². The number of esters is 1. The fraction of sp³-hybridized carbons (Fsp3) is 0.692. The van der Waals surface area contributed by atoms with Gasteiger partial charge in [-0.1, -0.05) is 11.8 Å². The van der Waals surface area contributed by atoms with E-state index in [1.165, 1.54) is 18.9 Å². The molecule has 0 radical (unpaired) electrons. The first-order chi connectivity index (χ1) is 9.43. The number of nitrogens with zero attached hydrogens (tertiary/aromatic N) is 2. The molecule has 0 aromatic heterocycles. The highest BCUT2D eigenvalue weighted by Crippen LogP contribution is 2.39. The van der Waals surface area contributed by atoms with Crippen LogP contribution in [0, 0.1) is 0 Å². The molecular weight excluding hydrogens is 294 g/mol. The molecule has 7 nitrogen and oxygen atoms in total. The number of amides is 2. The molecule has 1 N–H and O–H groups in total. The molecule has 0 aromatic rings. The van der Waals surface area contributed by atoms with Crippen molar-refractivity contribution in [3.63, 3.8) is 0 Å². The number of nitrogens with one attached hydrogen (secondary N) is 1. The van der Waals surface area contributed by atoms with Crippen LogP contribution in [0.25, 0.3) is 0 Å². The summed E-state index contributed by atoms with van der Waals surface area (Å²) in [6.07, 6.45) is -0.0267. The normalized spacial score (nSPS) is 21.8. The Labute approximate surface area is 128 Å². The molecule has 1 aliphatic heterocycles. The average Bonchev–Trinajstić information content (AvgIpc) is 2.50. The molecule has 0 saturated heterocycles. The summed E-state index contributed by atoms with van der Waals surface area (Å²) in [7, 11) is 0. The quantitative estimate of drug-likeness (QED) is 0.779. The second kappa shape index (κ2) is 6.05. The van der Waals surface area contributed by atoms with Gasteiger partial charge in [0.05, 0.1) is 6.42 Å². The van der Waals surface area contributed by atoms with Gasteiger partial charge in [-0.25, -0.2) is 5.01 Å². The highest BCUT2D eigenvalue weighted by atomic mass is 32.2. The van der Waals surface area contributed by atoms with E-state index in [4.69, 9.17) is 4.74 Å². The summed E-state index contributed by atoms with van der Waals surface area (Å²) in [5.41, 5.74) is -0.598. The first kappa shape index (κ1) is 17.5. The number of carbonyl (C=O) groups is 3. The fourth-order valence-corrected chi connectivity index (χ4v) is 3.01. The average molecular weight is 315 g/mol. The molecule has 0 unspecified atom stereocenters. The van der Waals surface area contributed by atoms with E-state index < -0.39 is 16.4 Å². The lowest BCUT2D eigenvalue weighted by Gasteiger charge is -2.31. The monoisotopic (exact) mass is 315 g/mol. The number of hydrazone groups is 1. The molecule has 1 heterocycles. The number of carbonyl (C=O) groups excluding carboxylic acids is 3. The second-order valence-corrected chi connectivity index (χ2v) is 7.43. The predicted octanol–water partition coefficient (Wildman–Crippen LogP) is 1.44. The molecule has 1 atom stereocenters. The minimum Gasteiger partial charge on any atom is -0.460 e. The van der Waals surface area contributed by atoms with Crippen molar-refractivity contribution >= 4 is 34.7 Å². The highest BCUT2D eigenvalue weighted by molar-refractivity contribution is 8.15. The van der Waals surface area contributed by atoms with Crippen LogP contribution in [0.2, 0.25) is 0 Å². The lowest BCUT2D eigenvalue weighted by Crippen LogP contribution is -2.43. The van der Waals surface area contributed by atoms with Gasteiger partial charge in [0.1, 0.15) is 10.5 Å². The third kappa shape index (κ3) is 5.04. The van der Waals surface area contributed by atoms with Crippen LogP contribution in [0.15, 0.2) is 5.10 Å². The van der Waals surface area contributed by atoms with Gasteiger partial charge < -0.3 is 10.1 Å². The third-order valence-corrected chi connectivity index (χ3v) is 3.56. The van der Waals surface area contributed by atoms with Gasteiger partial charge in [-0.15, -0.1) is 5.10 Å². The maximum Gasteiger partial charge on any atom is 0.309 e. The number of rotatable bonds is 2. The van der Waals surface area contributed by atoms with E-state index in [0.29, 0.717) is 5.17 Å². The van der Waals surface area contributed by atoms with Gasteiger partial charge in [0.25, 0.3) is 0 Å². The van der Waals surface area contributed by atoms with Crippen LogP contribution in [0.3, 0.4) is 0 Å². The van der Waals surface area contributed by atoms with Crippen molar-refractivity contribution in [2.24, 2.45) is 5.10 Å². The fourth-order valence-electron chi connectivity index (χ4n) is 1.83. The zero-order valence-corrected chi connectivity index (χ0v) is 14.0. The van der Waals surface area contributed by atoms with E-state index >= 15 is 0 Å². The summed E-state index contributed by atoms with van der Waals surface area (Å²) in [5.74, 6) is -1.02. The van der Waals surface area contributed by atoms with Crippen LogP contribution in [-0.4, -0.2) is 38.4 Å². The summed E-state index contributed by atoms with van der Waals surface area (Å²) < 4.78 is 5.28. The van der Waals surface area contributed by atoms with E-state index in [2.05, 4.69) is 10.4 Å². The van der Waals surface area contributed by atoms with E-state index in [-0.39, 0.29) is 18.2 Å². The van der Waals surface area contributed by atoms with Crippen molar-refractivity contribution < 1.29 is 19.1 Å². The van der Waals surface area contributed by atoms with Gasteiger partial charge >= 0.3 is 5.97 Å². The second-order valence-electron chi connectivity index (χ2n) is 5.96. The van der Waals surface area contributed by atoms with Gasteiger partial charge in [-0.05, 0) is 27.7 Å². The van der Waals surface area contributed by atoms with Crippen molar-refractivity contribution in [3.05, 3.63) is 0 Å². The first-order valence-corrected chi connectivity index (χ1v) is 7.32. The Bertz CT molecular complexity index is 498. The number of thioether (sulfide) groups is 1. The number of hydrogen-bond donors (Lipinski definition) is 1. The van der Waals surface area contributed by atoms with Gasteiger partial charge in [0, 0.05) is 13.8 Å². The Morgan fingerprint density at radius 2 is 1.90 bits per heavy atom. The maximum atomic E-state index is 12.0. The van der Waals surface area contributed by atoms with Crippen molar-refractivity contribution in [2.45, 2.75) is 58.4 Å². The molecule has 8 heteroatoms. The molecule has 1 aliphatic rings. The lowest BCUT2D eigenvalue weighted by atomic mass is 10.1. The minimum atomic E-state index is -0.911. The summed E-state index contributed by atoms with van der Waals surface area (Å²) in [4.78, 5) is 33.9. The van der Waals surface area contributed by atoms with Crippen LogP contribution in [-0.2, 0) is 19.1 Å². The number of amidine groups is 1. The maximum absolute atomic E-state index is 12.0. The van der Waals surface area contributed by atoms with Crippen molar-refractivity contribution in [2.75, 3.05) is 0 Å². The predicted molar refractivity (Wildman–Crippen MR) is 80.2 cm³/mol. The van der Waals surface area contributed by atoms with Crippen molar-refractivity contribution in [1.82, 2.24) is 10.3 Å². The Morgan fingerprint density at radius 1 is 1.33 bits per heavy atom. The van der Waals surface area contributed by atoms with E-state index in [1.807, 2.05) is 0 Å². The highest BCUT2D eigenvalue weighted by Gasteiger charge is 2.44. The molecule has 0 saturated carbocycles. The molecule has 0 fully saturated rings. The number of hydrogen-bond acceptors (Lipinski definition) is 6. The third-order valence-electron chi connectivity index (χ3n) is 2.43. The van der Waals surface area contributed by atoms with Crippen molar-refractivity contribution in [3.8, 4) is 0 Å². The van der Waals surface area contributed by atoms with Gasteiger partial charge in [-0.3, -0.25) is 14.4 Å². The van der Waals surface area contributed by atoms with Crippen molar-refractivity contribution in [1.29, 1.82) is 0 Å². The van der Waals surface area contributed by atoms with Crippen LogP contribution in [0.5, 0.6) is 0 Å². The first-order valence-electron chi connectivity index (χ1n) is 6.51. The van der Waals surface area contributed by atoms with E-state index in [0.717, 1.165) is 11.8 Å². The molecule has 1 rings (SSSR count). The smallest absolute Gasteiger partial charge is 0.309 e. The van der Waals surface area contributed by atoms with Gasteiger partial charge in [-0.2, -0.15) is 0 Å². The molecular formula is C13H21N3O4S. The zero-order valence-electron chi connectivity index (χ0n) is 13.1. The Hall–Kier alpha value is -1.57. The standard InChI is InChI=1S/C13H21N3O4S/c1-8(17)14-11-15-16(9(2)18)13(6,21-11)7-10(19)20-12(3,4)5/h7H2,1-6H3,(H,14,15,17)/t13-/m0/s1. The van der Waals surface area contributed by atoms with Crippen LogP contribution >= 0.6 is 11.8 Å². The molecule has 21 heavy (non-hydrogen) atoms. The summed E-state index contributed by atoms with van der Waals surface area (Å²) >= 11 is 1.15. The van der Waals surface area contributed by atoms with E-state index in [9.17, 15) is 14.4 Å². The van der Waals surface area contributed by atoms with E-state index in [1.54, 1.807) is 27.7 Å². The Balaban J connectivity index is 2.86. The molecule has 0 spiro atoms. The molecule has 2 amide bonds. The molecule has 0 aromatic carbocycles. The lowest BCUT2D eigenvalue weighted by molar-refractivity contribution is -0.157. The van der Waals surface area contributed by atoms with Gasteiger partial charge in [0.15, 0.2) is 5.17 Å².